The van der Waals surface area contributed by atoms with Gasteiger partial charge >= 0.3 is 5.97 Å². The lowest BCUT2D eigenvalue weighted by Gasteiger charge is -2.33. The number of nitrogens with one attached hydrogen (secondary N) is 1. The Kier molecular flexibility index (Phi) is 10.5. The number of unbranched alkanes of at least 4 members (excludes halogenated alkanes) is 3. The molecule has 0 bridgehead atoms. The van der Waals surface area contributed by atoms with Crippen molar-refractivity contribution in [2.45, 2.75) is 71.8 Å². The quantitative estimate of drug-likeness (QED) is 0.263. The number of amides is 2. The molecule has 176 valence electrons. The monoisotopic (exact) mass is 436 g/mol. The van der Waals surface area contributed by atoms with E-state index in [0.717, 1.165) is 32.1 Å². The minimum atomic E-state index is -0.617. The molecule has 1 aliphatic heterocycles. The van der Waals surface area contributed by atoms with Crippen molar-refractivity contribution in [3.63, 3.8) is 0 Å². The molecule has 2 N–H and O–H groups in total. The third-order valence-corrected chi connectivity index (χ3v) is 6.45. The molecule has 7 nitrogen and oxygen atoms in total. The number of esters is 1. The summed E-state index contributed by atoms with van der Waals surface area (Å²) in [5, 5.41) is 12.2. The number of ether oxygens (including phenoxy) is 1. The van der Waals surface area contributed by atoms with Gasteiger partial charge < -0.3 is 20.1 Å². The average Bonchev–Trinajstić information content (AvgIpc) is 3.03. The number of nitrogens with zero attached hydrogens (tertiary/aromatic N) is 1. The molecule has 0 radical (unpaired) electrons. The maximum atomic E-state index is 13.5. The first kappa shape index (κ1) is 25.4. The fourth-order valence-corrected chi connectivity index (χ4v) is 4.99. The average molecular weight is 437 g/mol. The summed E-state index contributed by atoms with van der Waals surface area (Å²) in [5.41, 5.74) is 0. The summed E-state index contributed by atoms with van der Waals surface area (Å²) in [6, 6.07) is -0.617. The first-order chi connectivity index (χ1) is 15.0. The normalized spacial score (nSPS) is 27.3. The van der Waals surface area contributed by atoms with E-state index in [2.05, 4.69) is 19.2 Å². The minimum Gasteiger partial charge on any atom is -0.466 e. The lowest BCUT2D eigenvalue weighted by molar-refractivity contribution is -0.155. The van der Waals surface area contributed by atoms with Crippen LogP contribution in [0.5, 0.6) is 0 Å². The summed E-state index contributed by atoms with van der Waals surface area (Å²) >= 11 is 0. The van der Waals surface area contributed by atoms with Gasteiger partial charge in [0.1, 0.15) is 6.04 Å². The maximum absolute atomic E-state index is 13.5. The van der Waals surface area contributed by atoms with Crippen LogP contribution in [0.3, 0.4) is 0 Å². The van der Waals surface area contributed by atoms with Crippen LogP contribution in [0.2, 0.25) is 0 Å². The summed E-state index contributed by atoms with van der Waals surface area (Å²) in [5.74, 6) is -2.15. The number of fused-ring (bicyclic) bond motifs is 1. The van der Waals surface area contributed by atoms with Crippen molar-refractivity contribution in [1.29, 1.82) is 0 Å². The van der Waals surface area contributed by atoms with E-state index >= 15 is 0 Å². The molecule has 2 rings (SSSR count). The third kappa shape index (κ3) is 6.09. The molecule has 0 spiro atoms. The highest BCUT2D eigenvalue weighted by Gasteiger charge is 2.57. The molecule has 2 amide bonds. The highest BCUT2D eigenvalue weighted by molar-refractivity contribution is 5.96. The van der Waals surface area contributed by atoms with Crippen LogP contribution in [0.25, 0.3) is 0 Å². The molecule has 31 heavy (non-hydrogen) atoms. The van der Waals surface area contributed by atoms with Crippen LogP contribution in [0, 0.1) is 23.7 Å². The number of hydrogen-bond donors (Lipinski definition) is 2. The van der Waals surface area contributed by atoms with Crippen molar-refractivity contribution >= 4 is 17.8 Å². The van der Waals surface area contributed by atoms with Gasteiger partial charge in [-0.25, -0.2) is 0 Å². The predicted octanol–water partition coefficient (Wildman–Crippen LogP) is 2.67. The van der Waals surface area contributed by atoms with Crippen molar-refractivity contribution in [2.75, 3.05) is 26.3 Å². The van der Waals surface area contributed by atoms with Gasteiger partial charge in [-0.3, -0.25) is 14.4 Å². The Morgan fingerprint density at radius 1 is 1.10 bits per heavy atom. The Bertz CT molecular complexity index is 635. The highest BCUT2D eigenvalue weighted by Crippen LogP contribution is 2.45. The lowest BCUT2D eigenvalue weighted by atomic mass is 9.69. The molecule has 2 aliphatic rings. The van der Waals surface area contributed by atoms with Crippen molar-refractivity contribution in [3.8, 4) is 0 Å². The Balaban J connectivity index is 2.31. The van der Waals surface area contributed by atoms with E-state index in [0.29, 0.717) is 25.9 Å². The first-order valence-corrected chi connectivity index (χ1v) is 12.1. The minimum absolute atomic E-state index is 0.0483. The van der Waals surface area contributed by atoms with Crippen molar-refractivity contribution in [1.82, 2.24) is 10.2 Å². The lowest BCUT2D eigenvalue weighted by Crippen LogP contribution is -2.47. The molecule has 0 saturated carbocycles. The summed E-state index contributed by atoms with van der Waals surface area (Å²) in [6.45, 7) is 7.25. The van der Waals surface area contributed by atoms with Gasteiger partial charge in [-0.05, 0) is 38.5 Å². The van der Waals surface area contributed by atoms with Crippen LogP contribution in [0.1, 0.15) is 65.7 Å². The molecular formula is C24H40N2O5. The van der Waals surface area contributed by atoms with Crippen LogP contribution in [-0.2, 0) is 19.1 Å². The number of carbonyl (C=O) groups excluding carboxylic acids is 3. The maximum Gasteiger partial charge on any atom is 0.310 e. The van der Waals surface area contributed by atoms with Gasteiger partial charge in [0.05, 0.1) is 18.4 Å². The molecule has 1 aliphatic carbocycles. The summed E-state index contributed by atoms with van der Waals surface area (Å²) in [7, 11) is 0. The smallest absolute Gasteiger partial charge is 0.310 e. The largest absolute Gasteiger partial charge is 0.466 e. The van der Waals surface area contributed by atoms with Gasteiger partial charge in [0.2, 0.25) is 11.8 Å². The Morgan fingerprint density at radius 2 is 1.87 bits per heavy atom. The molecule has 5 atom stereocenters. The van der Waals surface area contributed by atoms with Crippen LogP contribution in [0.4, 0.5) is 0 Å². The van der Waals surface area contributed by atoms with Crippen molar-refractivity contribution < 1.29 is 24.2 Å². The van der Waals surface area contributed by atoms with Crippen LogP contribution >= 0.6 is 0 Å². The van der Waals surface area contributed by atoms with Crippen LogP contribution < -0.4 is 5.32 Å². The van der Waals surface area contributed by atoms with Crippen molar-refractivity contribution in [3.05, 3.63) is 12.2 Å². The van der Waals surface area contributed by atoms with Gasteiger partial charge in [-0.1, -0.05) is 45.3 Å². The number of carbonyl (C=O) groups is 3. The number of rotatable bonds is 13. The fourth-order valence-electron chi connectivity index (χ4n) is 4.99. The number of hydrogen-bond acceptors (Lipinski definition) is 5. The SMILES string of the molecule is CCCCCNC(=O)[C@@H]1[C@H]2C=C[C@@H](CCC)[C@@H](C(=O)OCC)[C@H]2C(=O)N1CCCCO. The van der Waals surface area contributed by atoms with E-state index < -0.39 is 17.9 Å². The predicted molar refractivity (Wildman–Crippen MR) is 119 cm³/mol. The van der Waals surface area contributed by atoms with Gasteiger partial charge in [-0.15, -0.1) is 0 Å². The Morgan fingerprint density at radius 3 is 2.52 bits per heavy atom. The molecule has 1 fully saturated rings. The first-order valence-electron chi connectivity index (χ1n) is 12.1. The number of likely N-dealkylation sites (tertiary alicyclic amines) is 1. The van der Waals surface area contributed by atoms with E-state index in [1.54, 1.807) is 11.8 Å². The topological polar surface area (TPSA) is 95.9 Å². The zero-order chi connectivity index (χ0) is 22.8. The van der Waals surface area contributed by atoms with E-state index in [1.807, 2.05) is 12.2 Å². The van der Waals surface area contributed by atoms with E-state index in [1.165, 1.54) is 0 Å². The summed E-state index contributed by atoms with van der Waals surface area (Å²) < 4.78 is 5.36. The van der Waals surface area contributed by atoms with Crippen LogP contribution in [0.15, 0.2) is 12.2 Å². The van der Waals surface area contributed by atoms with E-state index in [-0.39, 0.29) is 42.8 Å². The second-order valence-electron chi connectivity index (χ2n) is 8.62. The fraction of sp³-hybridized carbons (Fsp3) is 0.792. The van der Waals surface area contributed by atoms with Gasteiger partial charge in [-0.2, -0.15) is 0 Å². The van der Waals surface area contributed by atoms with Gasteiger partial charge in [0.25, 0.3) is 0 Å². The molecule has 7 heteroatoms. The number of allylic oxidation sites excluding steroid dienone is 1. The molecule has 0 aromatic rings. The molecule has 1 saturated heterocycles. The molecule has 0 unspecified atom stereocenters. The zero-order valence-electron chi connectivity index (χ0n) is 19.3. The second-order valence-corrected chi connectivity index (χ2v) is 8.62. The zero-order valence-corrected chi connectivity index (χ0v) is 19.3. The third-order valence-electron chi connectivity index (χ3n) is 6.45. The summed E-state index contributed by atoms with van der Waals surface area (Å²) in [6.07, 6.45) is 9.91. The van der Waals surface area contributed by atoms with E-state index in [9.17, 15) is 14.4 Å². The number of aliphatic hydroxyl groups is 1. The standard InChI is InChI=1S/C24H40N2O5/c1-4-7-8-14-25-22(28)21-18-13-12-17(11-5-2)19(24(30)31-6-3)20(18)23(29)26(21)15-9-10-16-27/h12-13,17-21,27H,4-11,14-16H2,1-3H3,(H,25,28)/t17-,18+,19-,20+,21+/m1/s1. The summed E-state index contributed by atoms with van der Waals surface area (Å²) in [4.78, 5) is 41.2. The molecule has 1 heterocycles. The van der Waals surface area contributed by atoms with E-state index in [4.69, 9.17) is 9.84 Å². The number of aliphatic hydroxyl groups excluding tert-OH is 1. The molecule has 0 aromatic heterocycles. The molecular weight excluding hydrogens is 396 g/mol. The van der Waals surface area contributed by atoms with Gasteiger partial charge in [0, 0.05) is 25.6 Å². The van der Waals surface area contributed by atoms with Crippen molar-refractivity contribution in [2.24, 2.45) is 23.7 Å². The highest BCUT2D eigenvalue weighted by atomic mass is 16.5. The van der Waals surface area contributed by atoms with Crippen LogP contribution in [-0.4, -0.2) is 60.1 Å². The Labute approximate surface area is 186 Å². The Hall–Kier alpha value is -1.89. The van der Waals surface area contributed by atoms with Gasteiger partial charge in [0.15, 0.2) is 0 Å². The second kappa shape index (κ2) is 12.8. The molecule has 0 aromatic carbocycles.